The van der Waals surface area contributed by atoms with Crippen molar-refractivity contribution in [1.82, 2.24) is 35.1 Å². The smallest absolute Gasteiger partial charge is 0.370 e. The minimum Gasteiger partial charge on any atom is -0.370 e. The molecule has 0 radical (unpaired) electrons. The van der Waals surface area contributed by atoms with Crippen LogP contribution in [0.15, 0.2) is 24.8 Å². The van der Waals surface area contributed by atoms with Crippen LogP contribution in [0.4, 0.5) is 23.4 Å². The number of aromatic amines is 1. The highest BCUT2D eigenvalue weighted by Crippen LogP contribution is 2.30. The highest BCUT2D eigenvalue weighted by molar-refractivity contribution is 5.78. The maximum absolute atomic E-state index is 14.0. The Morgan fingerprint density at radius 2 is 2.03 bits per heavy atom. The number of nitrogens with zero attached hydrogens (tertiary/aromatic N) is 6. The van der Waals surface area contributed by atoms with E-state index in [1.54, 1.807) is 6.92 Å². The molecule has 0 spiro atoms. The number of halogens is 4. The van der Waals surface area contributed by atoms with Gasteiger partial charge in [0.05, 0.1) is 17.8 Å². The number of tetrazole rings is 1. The Balaban J connectivity index is 1.63. The van der Waals surface area contributed by atoms with E-state index in [0.717, 1.165) is 31.5 Å². The standard InChI is InChI=1S/C23H28F4N8O/c1-4-5-9-34(15(2)21-22(28-14-36)30-16(3)29-21)10-6-11-35-32-20(31-33-35)13-17-12-18(23(25,26)27)7-8-19(17)24/h7-8,12,14H,2,4-6,9-11,13H2,1,3H3,(H,28,36)(H,29,30). The molecule has 0 unspecified atom stereocenters. The van der Waals surface area contributed by atoms with Crippen LogP contribution in [0.25, 0.3) is 5.70 Å². The van der Waals surface area contributed by atoms with Crippen LogP contribution in [-0.2, 0) is 23.9 Å². The molecule has 1 amide bonds. The maximum Gasteiger partial charge on any atom is 0.416 e. The van der Waals surface area contributed by atoms with Crippen molar-refractivity contribution in [3.8, 4) is 0 Å². The van der Waals surface area contributed by atoms with Crippen LogP contribution in [0.3, 0.4) is 0 Å². The number of carbonyl (C=O) groups is 1. The Morgan fingerprint density at radius 3 is 2.72 bits per heavy atom. The number of aromatic nitrogens is 6. The number of hydrogen-bond acceptors (Lipinski definition) is 6. The molecule has 3 aromatic rings. The predicted molar refractivity (Wildman–Crippen MR) is 125 cm³/mol. The number of H-pyrrole nitrogens is 1. The van der Waals surface area contributed by atoms with Crippen LogP contribution >= 0.6 is 0 Å². The highest BCUT2D eigenvalue weighted by Gasteiger charge is 2.31. The van der Waals surface area contributed by atoms with E-state index in [-0.39, 0.29) is 17.8 Å². The summed E-state index contributed by atoms with van der Waals surface area (Å²) in [4.78, 5) is 21.7. The van der Waals surface area contributed by atoms with E-state index in [4.69, 9.17) is 0 Å². The van der Waals surface area contributed by atoms with Crippen molar-refractivity contribution in [2.24, 2.45) is 0 Å². The number of unbranched alkanes of at least 4 members (excludes halogenated alkanes) is 1. The van der Waals surface area contributed by atoms with Gasteiger partial charge >= 0.3 is 6.18 Å². The molecule has 194 valence electrons. The average molecular weight is 509 g/mol. The third-order valence-electron chi connectivity index (χ3n) is 5.47. The predicted octanol–water partition coefficient (Wildman–Crippen LogP) is 4.18. The van der Waals surface area contributed by atoms with Crippen LogP contribution < -0.4 is 5.32 Å². The van der Waals surface area contributed by atoms with Crippen molar-refractivity contribution in [3.63, 3.8) is 0 Å². The van der Waals surface area contributed by atoms with Gasteiger partial charge in [-0.1, -0.05) is 19.9 Å². The fraction of sp³-hybridized carbons (Fsp3) is 0.435. The molecular formula is C23H28F4N8O. The molecule has 0 aliphatic rings. The minimum absolute atomic E-state index is 0.123. The lowest BCUT2D eigenvalue weighted by atomic mass is 10.1. The van der Waals surface area contributed by atoms with E-state index in [1.165, 1.54) is 4.80 Å². The van der Waals surface area contributed by atoms with Crippen LogP contribution in [0.5, 0.6) is 0 Å². The number of benzene rings is 1. The molecule has 2 aromatic heterocycles. The van der Waals surface area contributed by atoms with Crippen LogP contribution in [0.1, 0.15) is 54.7 Å². The first kappa shape index (κ1) is 26.8. The Labute approximate surface area is 205 Å². The number of imidazole rings is 1. The molecule has 36 heavy (non-hydrogen) atoms. The zero-order chi connectivity index (χ0) is 26.3. The molecule has 0 bridgehead atoms. The zero-order valence-electron chi connectivity index (χ0n) is 20.1. The third-order valence-corrected chi connectivity index (χ3v) is 5.47. The second kappa shape index (κ2) is 11.8. The Kier molecular flexibility index (Phi) is 8.78. The summed E-state index contributed by atoms with van der Waals surface area (Å²) in [5.41, 5.74) is 0.222. The van der Waals surface area contributed by atoms with Crippen molar-refractivity contribution in [2.75, 3.05) is 18.4 Å². The largest absolute Gasteiger partial charge is 0.416 e. The highest BCUT2D eigenvalue weighted by atomic mass is 19.4. The quantitative estimate of drug-likeness (QED) is 0.265. The summed E-state index contributed by atoms with van der Waals surface area (Å²) in [5, 5.41) is 14.6. The molecule has 0 fully saturated rings. The lowest BCUT2D eigenvalue weighted by Gasteiger charge is -2.26. The number of amides is 1. The second-order valence-electron chi connectivity index (χ2n) is 8.23. The fourth-order valence-corrected chi connectivity index (χ4v) is 3.65. The fourth-order valence-electron chi connectivity index (χ4n) is 3.65. The van der Waals surface area contributed by atoms with Gasteiger partial charge in [0.1, 0.15) is 17.3 Å². The maximum atomic E-state index is 14.0. The SMILES string of the molecule is C=C(c1[nH]c(C)nc1NC=O)N(CCCC)CCCn1nnc(Cc2cc(C(F)(F)F)ccc2F)n1. The van der Waals surface area contributed by atoms with Crippen LogP contribution in [0, 0.1) is 12.7 Å². The van der Waals surface area contributed by atoms with E-state index in [0.29, 0.717) is 55.0 Å². The Bertz CT molecular complexity index is 1190. The van der Waals surface area contributed by atoms with Gasteiger partial charge in [0.25, 0.3) is 0 Å². The Hall–Kier alpha value is -3.77. The Morgan fingerprint density at radius 1 is 1.28 bits per heavy atom. The molecular weight excluding hydrogens is 480 g/mol. The van der Waals surface area contributed by atoms with Crippen LogP contribution in [-0.4, -0.2) is 54.6 Å². The molecule has 2 N–H and O–H groups in total. The summed E-state index contributed by atoms with van der Waals surface area (Å²) in [6.45, 7) is 9.75. The second-order valence-corrected chi connectivity index (χ2v) is 8.23. The van der Waals surface area contributed by atoms with Gasteiger partial charge in [0.2, 0.25) is 6.41 Å². The molecule has 0 aliphatic heterocycles. The van der Waals surface area contributed by atoms with Crippen molar-refractivity contribution in [1.29, 1.82) is 0 Å². The molecule has 13 heteroatoms. The number of nitrogens with one attached hydrogen (secondary N) is 2. The number of anilines is 1. The van der Waals surface area contributed by atoms with Gasteiger partial charge in [-0.05, 0) is 48.7 Å². The monoisotopic (exact) mass is 508 g/mol. The molecule has 9 nitrogen and oxygen atoms in total. The van der Waals surface area contributed by atoms with Gasteiger partial charge in [-0.2, -0.15) is 18.0 Å². The van der Waals surface area contributed by atoms with E-state index in [2.05, 4.69) is 49.1 Å². The third kappa shape index (κ3) is 6.89. The van der Waals surface area contributed by atoms with Crippen molar-refractivity contribution >= 4 is 17.9 Å². The molecule has 3 rings (SSSR count). The van der Waals surface area contributed by atoms with Gasteiger partial charge in [0.15, 0.2) is 11.6 Å². The lowest BCUT2D eigenvalue weighted by Crippen LogP contribution is -2.26. The lowest BCUT2D eigenvalue weighted by molar-refractivity contribution is -0.137. The van der Waals surface area contributed by atoms with E-state index in [1.807, 2.05) is 0 Å². The topological polar surface area (TPSA) is 105 Å². The van der Waals surface area contributed by atoms with Gasteiger partial charge < -0.3 is 15.2 Å². The zero-order valence-corrected chi connectivity index (χ0v) is 20.1. The number of carbonyl (C=O) groups excluding carboxylic acids is 1. The number of alkyl halides is 3. The molecule has 1 aromatic carbocycles. The van der Waals surface area contributed by atoms with E-state index < -0.39 is 17.6 Å². The minimum atomic E-state index is -4.57. The van der Waals surface area contributed by atoms with Crippen molar-refractivity contribution in [3.05, 3.63) is 59.1 Å². The van der Waals surface area contributed by atoms with Crippen molar-refractivity contribution in [2.45, 2.75) is 52.3 Å². The molecule has 0 saturated heterocycles. The summed E-state index contributed by atoms with van der Waals surface area (Å²) in [6.07, 6.45) is -1.70. The summed E-state index contributed by atoms with van der Waals surface area (Å²) < 4.78 is 52.9. The van der Waals surface area contributed by atoms with Gasteiger partial charge in [-0.15, -0.1) is 10.2 Å². The van der Waals surface area contributed by atoms with Crippen molar-refractivity contribution < 1.29 is 22.4 Å². The first-order valence-electron chi connectivity index (χ1n) is 11.5. The van der Waals surface area contributed by atoms with Gasteiger partial charge in [0, 0.05) is 19.5 Å². The molecule has 0 atom stereocenters. The van der Waals surface area contributed by atoms with Gasteiger partial charge in [-0.25, -0.2) is 9.37 Å². The van der Waals surface area contributed by atoms with E-state index in [9.17, 15) is 22.4 Å². The molecule has 0 aliphatic carbocycles. The normalized spacial score (nSPS) is 11.5. The summed E-state index contributed by atoms with van der Waals surface area (Å²) >= 11 is 0. The van der Waals surface area contributed by atoms with E-state index >= 15 is 0 Å². The summed E-state index contributed by atoms with van der Waals surface area (Å²) in [7, 11) is 0. The first-order valence-corrected chi connectivity index (χ1v) is 11.5. The number of hydrogen-bond donors (Lipinski definition) is 2. The summed E-state index contributed by atoms with van der Waals surface area (Å²) in [5.74, 6) is 0.404. The first-order chi connectivity index (χ1) is 17.1. The molecule has 0 saturated carbocycles. The molecule has 2 heterocycles. The van der Waals surface area contributed by atoms with Gasteiger partial charge in [-0.3, -0.25) is 4.79 Å². The average Bonchev–Trinajstić information content (AvgIpc) is 3.42. The number of aryl methyl sites for hydroxylation is 2. The number of rotatable bonds is 13. The summed E-state index contributed by atoms with van der Waals surface area (Å²) in [6, 6.07) is 2.25. The van der Waals surface area contributed by atoms with Crippen LogP contribution in [0.2, 0.25) is 0 Å².